The molecule has 0 saturated heterocycles. The SMILES string of the molecule is Cc1cc(C)c(-c2ccc3c(-c4nccc5ccccc45)[c-]c(-c4cccc5c4nc(-c4cc(C(C)(C)C)cc(C(C)(C)C)c4O)n5-c4c(-c5ccccc5)ccc5ccccc45)cc3c2)c(C)c1.[Pt]. The molecule has 9 aromatic carbocycles. The van der Waals surface area contributed by atoms with Crippen LogP contribution in [0, 0.1) is 26.8 Å². The maximum atomic E-state index is 12.7. The average Bonchev–Trinajstić information content (AvgIpc) is 3.71. The van der Waals surface area contributed by atoms with E-state index in [-0.39, 0.29) is 37.6 Å². The number of aryl methyl sites for hydroxylation is 3. The third-order valence-electron chi connectivity index (χ3n) is 14.0. The maximum absolute atomic E-state index is 12.7. The molecule has 0 atom stereocenters. The zero-order chi connectivity index (χ0) is 47.9. The Morgan fingerprint density at radius 3 is 1.94 bits per heavy atom. The van der Waals surface area contributed by atoms with Gasteiger partial charge in [0.1, 0.15) is 11.6 Å². The number of aromatic nitrogens is 3. The van der Waals surface area contributed by atoms with Crippen LogP contribution >= 0.6 is 0 Å². The van der Waals surface area contributed by atoms with Gasteiger partial charge in [-0.3, -0.25) is 9.55 Å². The summed E-state index contributed by atoms with van der Waals surface area (Å²) < 4.78 is 2.31. The summed E-state index contributed by atoms with van der Waals surface area (Å²) in [5.74, 6) is 0.912. The Hall–Kier alpha value is -7.13. The minimum absolute atomic E-state index is 0. The average molecular weight is 1090 g/mol. The summed E-state index contributed by atoms with van der Waals surface area (Å²) in [6, 6.07) is 62.7. The van der Waals surface area contributed by atoms with Gasteiger partial charge in [-0.2, -0.15) is 0 Å². The fourth-order valence-electron chi connectivity index (χ4n) is 10.6. The van der Waals surface area contributed by atoms with Gasteiger partial charge >= 0.3 is 0 Å². The van der Waals surface area contributed by atoms with E-state index in [2.05, 4.69) is 237 Å². The van der Waals surface area contributed by atoms with Crippen molar-refractivity contribution in [2.75, 3.05) is 0 Å². The molecule has 2 heterocycles. The molecule has 0 spiro atoms. The Labute approximate surface area is 426 Å². The summed E-state index contributed by atoms with van der Waals surface area (Å²) in [6.45, 7) is 19.8. The molecule has 0 aliphatic rings. The van der Waals surface area contributed by atoms with Gasteiger partial charge in [0.2, 0.25) is 0 Å². The van der Waals surface area contributed by atoms with Crippen molar-refractivity contribution >= 4 is 43.4 Å². The molecule has 70 heavy (non-hydrogen) atoms. The molecular formula is C65H56N3OPt-. The smallest absolute Gasteiger partial charge is 0.148 e. The van der Waals surface area contributed by atoms with E-state index in [0.29, 0.717) is 11.4 Å². The number of phenolic OH excluding ortho intramolecular Hbond substituents is 1. The first-order chi connectivity index (χ1) is 33.1. The number of aromatic hydroxyl groups is 1. The van der Waals surface area contributed by atoms with E-state index in [1.165, 1.54) is 27.8 Å². The molecule has 4 nitrogen and oxygen atoms in total. The summed E-state index contributed by atoms with van der Waals surface area (Å²) >= 11 is 0. The second kappa shape index (κ2) is 17.7. The van der Waals surface area contributed by atoms with Crippen LogP contribution in [0.1, 0.15) is 69.4 Å². The van der Waals surface area contributed by atoms with Gasteiger partial charge in [-0.15, -0.1) is 17.7 Å². The molecule has 5 heteroatoms. The monoisotopic (exact) mass is 1090 g/mol. The first-order valence-corrected chi connectivity index (χ1v) is 24.0. The van der Waals surface area contributed by atoms with Crippen LogP contribution in [-0.4, -0.2) is 19.6 Å². The number of imidazole rings is 1. The quantitative estimate of drug-likeness (QED) is 0.169. The number of para-hydroxylation sites is 1. The number of pyridine rings is 1. The summed E-state index contributed by atoms with van der Waals surface area (Å²) in [7, 11) is 0. The van der Waals surface area contributed by atoms with E-state index in [0.717, 1.165) is 93.7 Å². The second-order valence-corrected chi connectivity index (χ2v) is 20.9. The summed E-state index contributed by atoms with van der Waals surface area (Å²) in [6.07, 6.45) is 1.91. The Bertz CT molecular complexity index is 3820. The zero-order valence-corrected chi connectivity index (χ0v) is 43.5. The van der Waals surface area contributed by atoms with Gasteiger partial charge in [-0.25, -0.2) is 4.98 Å². The molecule has 0 radical (unpaired) electrons. The molecule has 348 valence electrons. The van der Waals surface area contributed by atoms with Crippen LogP contribution in [-0.2, 0) is 31.9 Å². The fourth-order valence-corrected chi connectivity index (χ4v) is 10.6. The fraction of sp³-hybridized carbons (Fsp3) is 0.169. The number of fused-ring (bicyclic) bond motifs is 4. The molecule has 0 unspecified atom stereocenters. The Morgan fingerprint density at radius 1 is 0.543 bits per heavy atom. The largest absolute Gasteiger partial charge is 0.507 e. The molecule has 0 bridgehead atoms. The summed E-state index contributed by atoms with van der Waals surface area (Å²) in [5.41, 5.74) is 16.9. The van der Waals surface area contributed by atoms with Crippen molar-refractivity contribution in [1.82, 2.24) is 14.5 Å². The van der Waals surface area contributed by atoms with Crippen LogP contribution in [0.3, 0.4) is 0 Å². The number of phenols is 1. The second-order valence-electron chi connectivity index (χ2n) is 20.9. The number of rotatable bonds is 6. The molecule has 0 saturated carbocycles. The standard InChI is InChI=1S/C65H56N3O.Pt/c1-39-32-40(2)58(41(3)33-39)45-27-28-49-46(34-45)35-47(36-54(49)59-50-22-15-13-21-44(50)30-31-66-59)51-24-17-25-57-60(51)67-63(55-37-48(64(4,5)6)38-56(62(55)69)65(7,8)9)68(57)61-52-23-16-14-20-43(52)26-29-53(61)42-18-11-10-12-19-42;/h10-35,37-38,69H,1-9H3;/q-1;. The van der Waals surface area contributed by atoms with Crippen LogP contribution in [0.15, 0.2) is 170 Å². The molecule has 11 rings (SSSR count). The van der Waals surface area contributed by atoms with Crippen molar-refractivity contribution in [3.63, 3.8) is 0 Å². The zero-order valence-electron chi connectivity index (χ0n) is 41.3. The van der Waals surface area contributed by atoms with Crippen molar-refractivity contribution in [2.45, 2.75) is 73.1 Å². The number of benzene rings is 9. The van der Waals surface area contributed by atoms with E-state index in [4.69, 9.17) is 9.97 Å². The number of hydrogen-bond donors (Lipinski definition) is 1. The first-order valence-electron chi connectivity index (χ1n) is 24.0. The van der Waals surface area contributed by atoms with Crippen molar-refractivity contribution in [1.29, 1.82) is 0 Å². The maximum Gasteiger partial charge on any atom is 0.148 e. The van der Waals surface area contributed by atoms with Gasteiger partial charge in [0.15, 0.2) is 0 Å². The third kappa shape index (κ3) is 8.03. The van der Waals surface area contributed by atoms with Crippen LogP contribution in [0.4, 0.5) is 0 Å². The van der Waals surface area contributed by atoms with Gasteiger partial charge in [0, 0.05) is 49.5 Å². The Morgan fingerprint density at radius 2 is 1.23 bits per heavy atom. The van der Waals surface area contributed by atoms with Gasteiger partial charge in [0.05, 0.1) is 22.3 Å². The molecular weight excluding hydrogens is 1030 g/mol. The minimum atomic E-state index is -0.350. The molecule has 0 aliphatic carbocycles. The van der Waals surface area contributed by atoms with Gasteiger partial charge < -0.3 is 5.11 Å². The molecule has 11 aromatic rings. The summed E-state index contributed by atoms with van der Waals surface area (Å²) in [5, 5.41) is 19.3. The predicted octanol–water partition coefficient (Wildman–Crippen LogP) is 17.2. The summed E-state index contributed by atoms with van der Waals surface area (Å²) in [4.78, 5) is 10.9. The van der Waals surface area contributed by atoms with E-state index < -0.39 is 0 Å². The van der Waals surface area contributed by atoms with E-state index >= 15 is 0 Å². The van der Waals surface area contributed by atoms with Crippen molar-refractivity contribution in [3.05, 3.63) is 204 Å². The number of nitrogens with zero attached hydrogens (tertiary/aromatic N) is 3. The van der Waals surface area contributed by atoms with E-state index in [9.17, 15) is 5.11 Å². The predicted molar refractivity (Wildman–Crippen MR) is 291 cm³/mol. The van der Waals surface area contributed by atoms with E-state index in [1.807, 2.05) is 6.20 Å². The third-order valence-corrected chi connectivity index (χ3v) is 14.0. The topological polar surface area (TPSA) is 50.9 Å². The van der Waals surface area contributed by atoms with Crippen LogP contribution in [0.2, 0.25) is 0 Å². The van der Waals surface area contributed by atoms with Crippen LogP contribution < -0.4 is 0 Å². The molecule has 0 fully saturated rings. The minimum Gasteiger partial charge on any atom is -0.507 e. The Kier molecular flexibility index (Phi) is 11.8. The van der Waals surface area contributed by atoms with Gasteiger partial charge in [-0.05, 0) is 99.3 Å². The molecule has 2 aromatic heterocycles. The van der Waals surface area contributed by atoms with Crippen LogP contribution in [0.25, 0.3) is 105 Å². The molecule has 0 amide bonds. The molecule has 0 aliphatic heterocycles. The first kappa shape index (κ1) is 46.6. The number of hydrogen-bond acceptors (Lipinski definition) is 3. The van der Waals surface area contributed by atoms with Crippen LogP contribution in [0.5, 0.6) is 5.75 Å². The van der Waals surface area contributed by atoms with Crippen molar-refractivity contribution < 1.29 is 26.2 Å². The van der Waals surface area contributed by atoms with Gasteiger partial charge in [0.25, 0.3) is 0 Å². The normalized spacial score (nSPS) is 12.0. The van der Waals surface area contributed by atoms with Crippen molar-refractivity contribution in [2.24, 2.45) is 0 Å². The Balaban J connectivity index is 0.00000567. The van der Waals surface area contributed by atoms with E-state index in [1.54, 1.807) is 0 Å². The molecule has 1 N–H and O–H groups in total. The van der Waals surface area contributed by atoms with Crippen molar-refractivity contribution in [3.8, 4) is 67.5 Å². The van der Waals surface area contributed by atoms with Gasteiger partial charge in [-0.1, -0.05) is 209 Å².